The Morgan fingerprint density at radius 3 is 2.58 bits per heavy atom. The smallest absolute Gasteiger partial charge is 0.257 e. The topological polar surface area (TPSA) is 102 Å². The van der Waals surface area contributed by atoms with Crippen molar-refractivity contribution >= 4 is 23.1 Å². The molecule has 1 aliphatic heterocycles. The van der Waals surface area contributed by atoms with Crippen molar-refractivity contribution in [3.63, 3.8) is 0 Å². The fourth-order valence-electron chi connectivity index (χ4n) is 4.11. The van der Waals surface area contributed by atoms with Crippen molar-refractivity contribution in [2.45, 2.75) is 39.7 Å². The zero-order valence-corrected chi connectivity index (χ0v) is 19.2. The van der Waals surface area contributed by atoms with E-state index in [9.17, 15) is 9.59 Å². The number of amides is 1. The monoisotopic (exact) mass is 446 g/mol. The zero-order valence-electron chi connectivity index (χ0n) is 19.2. The van der Waals surface area contributed by atoms with Crippen molar-refractivity contribution in [3.05, 3.63) is 52.6 Å². The third-order valence-electron chi connectivity index (χ3n) is 6.18. The van der Waals surface area contributed by atoms with Gasteiger partial charge in [0.15, 0.2) is 5.75 Å². The second kappa shape index (κ2) is 7.99. The Bertz CT molecular complexity index is 1260. The normalized spacial score (nSPS) is 15.0. The van der Waals surface area contributed by atoms with E-state index in [0.717, 1.165) is 24.2 Å². The van der Waals surface area contributed by atoms with Gasteiger partial charge in [0.05, 0.1) is 53.4 Å². The van der Waals surface area contributed by atoms with Crippen LogP contribution in [0.1, 0.15) is 46.0 Å². The van der Waals surface area contributed by atoms with Gasteiger partial charge in [-0.25, -0.2) is 0 Å². The number of methoxy groups -OCH3 is 1. The lowest BCUT2D eigenvalue weighted by Gasteiger charge is -2.16. The summed E-state index contributed by atoms with van der Waals surface area (Å²) in [4.78, 5) is 33.1. The molecule has 1 saturated carbocycles. The van der Waals surface area contributed by atoms with Gasteiger partial charge in [-0.1, -0.05) is 6.07 Å². The third kappa shape index (κ3) is 3.83. The maximum absolute atomic E-state index is 12.9. The number of nitrogens with one attached hydrogen (secondary N) is 1. The second-order valence-electron chi connectivity index (χ2n) is 8.70. The summed E-state index contributed by atoms with van der Waals surface area (Å²) in [5.74, 6) is 0.815. The maximum atomic E-state index is 12.9. The molecule has 5 rings (SSSR count). The molecule has 0 atom stereocenters. The number of ether oxygens (including phenoxy) is 1. The first kappa shape index (κ1) is 21.1. The molecule has 170 valence electrons. The average molecular weight is 447 g/mol. The lowest BCUT2D eigenvalue weighted by molar-refractivity contribution is -0.119. The van der Waals surface area contributed by atoms with Gasteiger partial charge in [0.1, 0.15) is 11.5 Å². The number of carbonyl (C=O) groups is 2. The van der Waals surface area contributed by atoms with Crippen LogP contribution < -0.4 is 10.1 Å². The number of para-hydroxylation sites is 1. The molecule has 0 radical (unpaired) electrons. The van der Waals surface area contributed by atoms with Gasteiger partial charge in [0, 0.05) is 19.4 Å². The third-order valence-corrected chi connectivity index (χ3v) is 6.18. The Morgan fingerprint density at radius 2 is 1.91 bits per heavy atom. The van der Waals surface area contributed by atoms with E-state index in [2.05, 4.69) is 20.5 Å². The number of benzene rings is 1. The van der Waals surface area contributed by atoms with E-state index in [4.69, 9.17) is 4.74 Å². The van der Waals surface area contributed by atoms with Crippen LogP contribution in [0.2, 0.25) is 0 Å². The number of aromatic nitrogens is 4. The van der Waals surface area contributed by atoms with Crippen molar-refractivity contribution in [3.8, 4) is 11.4 Å². The second-order valence-corrected chi connectivity index (χ2v) is 8.70. The summed E-state index contributed by atoms with van der Waals surface area (Å²) in [6.45, 7) is 4.22. The number of fused-ring (bicyclic) bond motifs is 1. The van der Waals surface area contributed by atoms with Crippen LogP contribution >= 0.6 is 0 Å². The molecule has 9 heteroatoms. The van der Waals surface area contributed by atoms with Gasteiger partial charge in [-0.3, -0.25) is 14.6 Å². The molecule has 1 fully saturated rings. The van der Waals surface area contributed by atoms with Crippen LogP contribution in [-0.4, -0.2) is 50.7 Å². The zero-order chi connectivity index (χ0) is 23.3. The summed E-state index contributed by atoms with van der Waals surface area (Å²) in [6.07, 6.45) is 2.19. The molecular weight excluding hydrogens is 420 g/mol. The highest BCUT2D eigenvalue weighted by molar-refractivity contribution is 6.04. The van der Waals surface area contributed by atoms with Gasteiger partial charge in [-0.2, -0.15) is 10.2 Å². The Morgan fingerprint density at radius 1 is 1.18 bits per heavy atom. The number of nitrogens with zero attached hydrogens (tertiary/aromatic N) is 5. The van der Waals surface area contributed by atoms with Gasteiger partial charge >= 0.3 is 0 Å². The molecule has 9 nitrogen and oxygen atoms in total. The number of Topliss-reactive ketones (excluding diaryl/α,β-unsaturated/α-hetero) is 1. The minimum Gasteiger partial charge on any atom is -0.492 e. The van der Waals surface area contributed by atoms with Crippen LogP contribution in [-0.2, 0) is 17.8 Å². The summed E-state index contributed by atoms with van der Waals surface area (Å²) in [5, 5.41) is 12.3. The molecule has 0 unspecified atom stereocenters. The lowest BCUT2D eigenvalue weighted by Crippen LogP contribution is -2.18. The van der Waals surface area contributed by atoms with Gasteiger partial charge in [-0.05, 0) is 44.9 Å². The molecule has 3 aromatic rings. The summed E-state index contributed by atoms with van der Waals surface area (Å²) < 4.78 is 5.73. The lowest BCUT2D eigenvalue weighted by atomic mass is 10.1. The summed E-state index contributed by atoms with van der Waals surface area (Å²) in [6, 6.07) is 7.43. The van der Waals surface area contributed by atoms with Crippen molar-refractivity contribution in [2.75, 3.05) is 19.5 Å². The van der Waals surface area contributed by atoms with E-state index in [-0.39, 0.29) is 24.0 Å². The first-order valence-electron chi connectivity index (χ1n) is 11.0. The predicted octanol–water partition coefficient (Wildman–Crippen LogP) is 3.14. The quantitative estimate of drug-likeness (QED) is 0.595. The van der Waals surface area contributed by atoms with Crippen LogP contribution in [0.3, 0.4) is 0 Å². The SMILES string of the molecule is COc1c(Nc2cc(CC(=O)C3CC3)nc3c2C(=O)N(C)C3)cccc1-n1nc(C)c(C)n1. The molecule has 1 N–H and O–H groups in total. The van der Waals surface area contributed by atoms with E-state index < -0.39 is 0 Å². The molecule has 0 bridgehead atoms. The first-order chi connectivity index (χ1) is 15.9. The van der Waals surface area contributed by atoms with Gasteiger partial charge in [-0.15, -0.1) is 4.80 Å². The standard InChI is InChI=1S/C24H26N6O3/c1-13-14(2)28-30(27-13)20-7-5-6-17(23(20)33-4)26-18-10-16(11-21(31)15-8-9-15)25-19-12-29(3)24(32)22(18)19/h5-7,10,15H,8-9,11-12H2,1-4H3,(H,25,26). The number of anilines is 2. The molecule has 2 aliphatic rings. The van der Waals surface area contributed by atoms with E-state index >= 15 is 0 Å². The Hall–Kier alpha value is -3.75. The highest BCUT2D eigenvalue weighted by atomic mass is 16.5. The first-order valence-corrected chi connectivity index (χ1v) is 11.0. The fraction of sp³-hybridized carbons (Fsp3) is 0.375. The number of aryl methyl sites for hydroxylation is 2. The van der Waals surface area contributed by atoms with Crippen LogP contribution in [0.5, 0.6) is 5.75 Å². The molecule has 2 aromatic heterocycles. The van der Waals surface area contributed by atoms with Crippen LogP contribution in [0.15, 0.2) is 24.3 Å². The highest BCUT2D eigenvalue weighted by Crippen LogP contribution is 2.37. The van der Waals surface area contributed by atoms with Crippen molar-refractivity contribution in [1.82, 2.24) is 24.9 Å². The Balaban J connectivity index is 1.56. The molecule has 1 aliphatic carbocycles. The number of carbonyl (C=O) groups excluding carboxylic acids is 2. The molecule has 3 heterocycles. The number of hydrogen-bond donors (Lipinski definition) is 1. The summed E-state index contributed by atoms with van der Waals surface area (Å²) in [7, 11) is 3.33. The van der Waals surface area contributed by atoms with E-state index in [1.54, 1.807) is 23.9 Å². The van der Waals surface area contributed by atoms with Gasteiger partial charge < -0.3 is 15.0 Å². The number of hydrogen-bond acceptors (Lipinski definition) is 7. The van der Waals surface area contributed by atoms with E-state index in [1.165, 1.54) is 0 Å². The van der Waals surface area contributed by atoms with Crippen molar-refractivity contribution in [2.24, 2.45) is 5.92 Å². The predicted molar refractivity (Wildman–Crippen MR) is 122 cm³/mol. The molecule has 0 saturated heterocycles. The highest BCUT2D eigenvalue weighted by Gasteiger charge is 2.33. The summed E-state index contributed by atoms with van der Waals surface area (Å²) >= 11 is 0. The molecule has 33 heavy (non-hydrogen) atoms. The Labute approximate surface area is 191 Å². The van der Waals surface area contributed by atoms with Crippen LogP contribution in [0, 0.1) is 19.8 Å². The fourth-order valence-corrected chi connectivity index (χ4v) is 4.11. The number of ketones is 1. The molecule has 0 spiro atoms. The maximum Gasteiger partial charge on any atom is 0.257 e. The average Bonchev–Trinajstić information content (AvgIpc) is 3.53. The van der Waals surface area contributed by atoms with Gasteiger partial charge in [0.25, 0.3) is 5.91 Å². The molecule has 1 aromatic carbocycles. The minimum absolute atomic E-state index is 0.102. The molecular formula is C24H26N6O3. The number of pyridine rings is 1. The molecule has 1 amide bonds. The van der Waals surface area contributed by atoms with E-state index in [0.29, 0.717) is 46.3 Å². The number of rotatable bonds is 7. The Kier molecular flexibility index (Phi) is 5.11. The van der Waals surface area contributed by atoms with Gasteiger partial charge in [0.2, 0.25) is 0 Å². The van der Waals surface area contributed by atoms with Crippen LogP contribution in [0.4, 0.5) is 11.4 Å². The largest absolute Gasteiger partial charge is 0.492 e. The minimum atomic E-state index is -0.102. The van der Waals surface area contributed by atoms with E-state index in [1.807, 2.05) is 38.1 Å². The van der Waals surface area contributed by atoms with Crippen molar-refractivity contribution < 1.29 is 14.3 Å². The van der Waals surface area contributed by atoms with Crippen LogP contribution in [0.25, 0.3) is 5.69 Å². The summed E-state index contributed by atoms with van der Waals surface area (Å²) in [5.41, 5.74) is 5.50. The van der Waals surface area contributed by atoms with Crippen molar-refractivity contribution in [1.29, 1.82) is 0 Å².